The van der Waals surface area contributed by atoms with Gasteiger partial charge in [0.15, 0.2) is 0 Å². The largest absolute Gasteiger partial charge is 0.331 e. The SMILES string of the molecule is CCN(CC)CCCC(C)n1cncc1C1CNC1. The average Bonchev–Trinajstić information content (AvgIpc) is 2.81. The Kier molecular flexibility index (Phi) is 5.40. The molecule has 1 unspecified atom stereocenters. The van der Waals surface area contributed by atoms with Gasteiger partial charge in [-0.15, -0.1) is 0 Å². The lowest BCUT2D eigenvalue weighted by Gasteiger charge is -2.29. The van der Waals surface area contributed by atoms with E-state index in [0.29, 0.717) is 12.0 Å². The van der Waals surface area contributed by atoms with E-state index in [4.69, 9.17) is 0 Å². The van der Waals surface area contributed by atoms with Gasteiger partial charge in [0.05, 0.1) is 6.33 Å². The molecule has 1 aliphatic heterocycles. The molecule has 1 aromatic rings. The molecule has 0 radical (unpaired) electrons. The molecule has 1 atom stereocenters. The monoisotopic (exact) mass is 264 g/mol. The van der Waals surface area contributed by atoms with Crippen molar-refractivity contribution in [1.82, 2.24) is 19.8 Å². The van der Waals surface area contributed by atoms with Crippen LogP contribution < -0.4 is 5.32 Å². The Hall–Kier alpha value is -0.870. The van der Waals surface area contributed by atoms with Crippen molar-refractivity contribution in [1.29, 1.82) is 0 Å². The summed E-state index contributed by atoms with van der Waals surface area (Å²) in [6.45, 7) is 12.6. The molecule has 1 aromatic heterocycles. The summed E-state index contributed by atoms with van der Waals surface area (Å²) in [5.41, 5.74) is 1.41. The number of imidazole rings is 1. The smallest absolute Gasteiger partial charge is 0.0950 e. The normalized spacial score (nSPS) is 17.7. The maximum absolute atomic E-state index is 4.35. The van der Waals surface area contributed by atoms with E-state index in [1.807, 2.05) is 12.5 Å². The topological polar surface area (TPSA) is 33.1 Å². The quantitative estimate of drug-likeness (QED) is 0.782. The van der Waals surface area contributed by atoms with Gasteiger partial charge < -0.3 is 14.8 Å². The number of nitrogens with one attached hydrogen (secondary N) is 1. The van der Waals surface area contributed by atoms with E-state index in [-0.39, 0.29) is 0 Å². The van der Waals surface area contributed by atoms with E-state index < -0.39 is 0 Å². The van der Waals surface area contributed by atoms with Crippen LogP contribution in [0.4, 0.5) is 0 Å². The predicted molar refractivity (Wildman–Crippen MR) is 79.6 cm³/mol. The fraction of sp³-hybridized carbons (Fsp3) is 0.800. The first-order chi connectivity index (χ1) is 9.26. The zero-order chi connectivity index (χ0) is 13.7. The second kappa shape index (κ2) is 7.06. The van der Waals surface area contributed by atoms with E-state index >= 15 is 0 Å². The molecule has 108 valence electrons. The van der Waals surface area contributed by atoms with Crippen molar-refractivity contribution >= 4 is 0 Å². The average molecular weight is 264 g/mol. The minimum atomic E-state index is 0.564. The molecule has 19 heavy (non-hydrogen) atoms. The van der Waals surface area contributed by atoms with Crippen molar-refractivity contribution in [2.75, 3.05) is 32.7 Å². The summed E-state index contributed by atoms with van der Waals surface area (Å²) in [6.07, 6.45) is 6.56. The molecule has 0 saturated carbocycles. The van der Waals surface area contributed by atoms with Crippen molar-refractivity contribution in [3.05, 3.63) is 18.2 Å². The third-order valence-electron chi connectivity index (χ3n) is 4.36. The highest BCUT2D eigenvalue weighted by molar-refractivity contribution is 5.12. The molecular weight excluding hydrogens is 236 g/mol. The molecular formula is C15H28N4. The van der Waals surface area contributed by atoms with E-state index in [9.17, 15) is 0 Å². The second-order valence-electron chi connectivity index (χ2n) is 5.60. The van der Waals surface area contributed by atoms with Crippen molar-refractivity contribution in [3.63, 3.8) is 0 Å². The third-order valence-corrected chi connectivity index (χ3v) is 4.36. The molecule has 2 rings (SSSR count). The highest BCUT2D eigenvalue weighted by atomic mass is 15.1. The zero-order valence-electron chi connectivity index (χ0n) is 12.6. The van der Waals surface area contributed by atoms with Gasteiger partial charge in [-0.1, -0.05) is 13.8 Å². The summed E-state index contributed by atoms with van der Waals surface area (Å²) in [5.74, 6) is 0.674. The van der Waals surface area contributed by atoms with Gasteiger partial charge in [0, 0.05) is 36.9 Å². The van der Waals surface area contributed by atoms with Gasteiger partial charge in [0.25, 0.3) is 0 Å². The van der Waals surface area contributed by atoms with Crippen LogP contribution in [0.3, 0.4) is 0 Å². The van der Waals surface area contributed by atoms with Crippen LogP contribution >= 0.6 is 0 Å². The van der Waals surface area contributed by atoms with E-state index in [1.165, 1.54) is 25.1 Å². The Morgan fingerprint density at radius 3 is 2.74 bits per heavy atom. The van der Waals surface area contributed by atoms with Gasteiger partial charge in [-0.05, 0) is 39.4 Å². The molecule has 0 amide bonds. The molecule has 1 aliphatic rings. The van der Waals surface area contributed by atoms with Crippen LogP contribution in [0.15, 0.2) is 12.5 Å². The summed E-state index contributed by atoms with van der Waals surface area (Å²) in [6, 6.07) is 0.564. The minimum Gasteiger partial charge on any atom is -0.331 e. The molecule has 4 heteroatoms. The zero-order valence-corrected chi connectivity index (χ0v) is 12.6. The van der Waals surface area contributed by atoms with Crippen LogP contribution in [-0.2, 0) is 0 Å². The number of aromatic nitrogens is 2. The van der Waals surface area contributed by atoms with E-state index in [0.717, 1.165) is 26.2 Å². The summed E-state index contributed by atoms with van der Waals surface area (Å²) < 4.78 is 2.38. The van der Waals surface area contributed by atoms with E-state index in [2.05, 4.69) is 40.5 Å². The van der Waals surface area contributed by atoms with Gasteiger partial charge in [-0.2, -0.15) is 0 Å². The molecule has 0 aromatic carbocycles. The first kappa shape index (κ1) is 14.5. The first-order valence-corrected chi connectivity index (χ1v) is 7.71. The van der Waals surface area contributed by atoms with Crippen LogP contribution in [0.5, 0.6) is 0 Å². The summed E-state index contributed by atoms with van der Waals surface area (Å²) in [4.78, 5) is 6.84. The highest BCUT2D eigenvalue weighted by Gasteiger charge is 2.23. The Labute approximate surface area is 117 Å². The predicted octanol–water partition coefficient (Wildman–Crippen LogP) is 2.25. The maximum Gasteiger partial charge on any atom is 0.0950 e. The Bertz CT molecular complexity index is 366. The van der Waals surface area contributed by atoms with Crippen LogP contribution in [0.2, 0.25) is 0 Å². The molecule has 1 saturated heterocycles. The second-order valence-corrected chi connectivity index (χ2v) is 5.60. The van der Waals surface area contributed by atoms with Gasteiger partial charge in [-0.25, -0.2) is 4.98 Å². The highest BCUT2D eigenvalue weighted by Crippen LogP contribution is 2.24. The fourth-order valence-corrected chi connectivity index (χ4v) is 2.79. The Balaban J connectivity index is 1.82. The molecule has 0 spiro atoms. The summed E-state index contributed by atoms with van der Waals surface area (Å²) >= 11 is 0. The van der Waals surface area contributed by atoms with Gasteiger partial charge in [-0.3, -0.25) is 0 Å². The molecule has 2 heterocycles. The Morgan fingerprint density at radius 1 is 1.42 bits per heavy atom. The van der Waals surface area contributed by atoms with Crippen LogP contribution in [0.1, 0.15) is 51.3 Å². The van der Waals surface area contributed by atoms with Crippen molar-refractivity contribution in [2.24, 2.45) is 0 Å². The van der Waals surface area contributed by atoms with Crippen LogP contribution in [-0.4, -0.2) is 47.2 Å². The van der Waals surface area contributed by atoms with Crippen molar-refractivity contribution in [3.8, 4) is 0 Å². The summed E-state index contributed by atoms with van der Waals surface area (Å²) in [7, 11) is 0. The van der Waals surface area contributed by atoms with Crippen LogP contribution in [0.25, 0.3) is 0 Å². The van der Waals surface area contributed by atoms with Gasteiger partial charge in [0.1, 0.15) is 0 Å². The standard InChI is InChI=1S/C15H28N4/c1-4-18(5-2)8-6-7-13(3)19-12-17-11-15(19)14-9-16-10-14/h11-14,16H,4-10H2,1-3H3. The molecule has 0 aliphatic carbocycles. The lowest BCUT2D eigenvalue weighted by molar-refractivity contribution is 0.286. The fourth-order valence-electron chi connectivity index (χ4n) is 2.79. The lowest BCUT2D eigenvalue weighted by atomic mass is 9.99. The number of nitrogens with zero attached hydrogens (tertiary/aromatic N) is 3. The van der Waals surface area contributed by atoms with E-state index in [1.54, 1.807) is 0 Å². The molecule has 1 N–H and O–H groups in total. The third kappa shape index (κ3) is 3.57. The van der Waals surface area contributed by atoms with Crippen LogP contribution in [0, 0.1) is 0 Å². The molecule has 0 bridgehead atoms. The minimum absolute atomic E-state index is 0.564. The van der Waals surface area contributed by atoms with Gasteiger partial charge >= 0.3 is 0 Å². The van der Waals surface area contributed by atoms with Crippen molar-refractivity contribution in [2.45, 2.75) is 45.6 Å². The first-order valence-electron chi connectivity index (χ1n) is 7.71. The number of rotatable bonds is 8. The summed E-state index contributed by atoms with van der Waals surface area (Å²) in [5, 5.41) is 3.34. The van der Waals surface area contributed by atoms with Crippen molar-refractivity contribution < 1.29 is 0 Å². The number of hydrogen-bond acceptors (Lipinski definition) is 3. The Morgan fingerprint density at radius 2 is 2.16 bits per heavy atom. The van der Waals surface area contributed by atoms with Gasteiger partial charge in [0.2, 0.25) is 0 Å². The number of hydrogen-bond donors (Lipinski definition) is 1. The molecule has 1 fully saturated rings. The lowest BCUT2D eigenvalue weighted by Crippen LogP contribution is -2.41. The maximum atomic E-state index is 4.35. The molecule has 4 nitrogen and oxygen atoms in total.